The van der Waals surface area contributed by atoms with E-state index in [4.69, 9.17) is 4.74 Å². The molecule has 20 heavy (non-hydrogen) atoms. The third-order valence-corrected chi connectivity index (χ3v) is 3.41. The first-order valence-corrected chi connectivity index (χ1v) is 6.31. The van der Waals surface area contributed by atoms with Gasteiger partial charge in [-0.15, -0.1) is 0 Å². The van der Waals surface area contributed by atoms with Crippen LogP contribution in [0.2, 0.25) is 0 Å². The number of morpholine rings is 1. The molecule has 102 valence electrons. The Labute approximate surface area is 115 Å². The lowest BCUT2D eigenvalue weighted by Gasteiger charge is -2.28. The van der Waals surface area contributed by atoms with Gasteiger partial charge in [0.05, 0.1) is 17.9 Å². The predicted octanol–water partition coefficient (Wildman–Crippen LogP) is 1.90. The van der Waals surface area contributed by atoms with E-state index < -0.39 is 5.97 Å². The monoisotopic (exact) mass is 271 g/mol. The Morgan fingerprint density at radius 1 is 1.15 bits per heavy atom. The molecule has 0 aromatic heterocycles. The number of fused-ring (bicyclic) bond motifs is 1. The zero-order valence-corrected chi connectivity index (χ0v) is 10.7. The molecule has 0 aliphatic carbocycles. The van der Waals surface area contributed by atoms with Crippen molar-refractivity contribution < 1.29 is 19.4 Å². The summed E-state index contributed by atoms with van der Waals surface area (Å²) >= 11 is 0. The number of amides is 1. The molecule has 1 aliphatic rings. The van der Waals surface area contributed by atoms with Gasteiger partial charge in [0.25, 0.3) is 5.91 Å². The Balaban J connectivity index is 2.20. The molecule has 2 aromatic carbocycles. The van der Waals surface area contributed by atoms with Crippen LogP contribution in [0, 0.1) is 0 Å². The van der Waals surface area contributed by atoms with Gasteiger partial charge in [-0.3, -0.25) is 4.79 Å². The molecule has 5 nitrogen and oxygen atoms in total. The minimum atomic E-state index is -0.971. The van der Waals surface area contributed by atoms with Crippen LogP contribution in [-0.4, -0.2) is 36.7 Å². The number of hydrogen-bond acceptors (Lipinski definition) is 3. The van der Waals surface area contributed by atoms with Crippen LogP contribution in [0.25, 0.3) is 10.8 Å². The lowest BCUT2D eigenvalue weighted by molar-refractivity contribution is -0.125. The highest BCUT2D eigenvalue weighted by Gasteiger charge is 2.23. The van der Waals surface area contributed by atoms with Crippen LogP contribution in [0.3, 0.4) is 0 Å². The number of carbonyl (C=O) groups is 2. The summed E-state index contributed by atoms with van der Waals surface area (Å²) in [7, 11) is 0. The van der Waals surface area contributed by atoms with Crippen molar-refractivity contribution in [2.45, 2.75) is 0 Å². The summed E-state index contributed by atoms with van der Waals surface area (Å²) in [5.41, 5.74) is 0.976. The SMILES string of the molecule is O=C(O)c1ccc(N2CCOCC2=O)c2ccccc12. The number of carboxylic acids is 1. The second-order valence-electron chi connectivity index (χ2n) is 4.58. The van der Waals surface area contributed by atoms with Gasteiger partial charge in [-0.1, -0.05) is 24.3 Å². The molecule has 0 bridgehead atoms. The van der Waals surface area contributed by atoms with Crippen LogP contribution in [0.15, 0.2) is 36.4 Å². The standard InChI is InChI=1S/C15H13NO4/c17-14-9-20-8-7-16(14)13-6-5-12(15(18)19)10-3-1-2-4-11(10)13/h1-6H,7-9H2,(H,18,19). The second-order valence-corrected chi connectivity index (χ2v) is 4.58. The van der Waals surface area contributed by atoms with E-state index in [0.717, 1.165) is 11.1 Å². The lowest BCUT2D eigenvalue weighted by Crippen LogP contribution is -2.41. The summed E-state index contributed by atoms with van der Waals surface area (Å²) in [6.45, 7) is 1.03. The van der Waals surface area contributed by atoms with Crippen molar-refractivity contribution in [3.63, 3.8) is 0 Å². The van der Waals surface area contributed by atoms with Gasteiger partial charge in [0, 0.05) is 11.9 Å². The molecule has 5 heteroatoms. The molecule has 1 heterocycles. The molecule has 1 fully saturated rings. The van der Waals surface area contributed by atoms with Crippen LogP contribution in [-0.2, 0) is 9.53 Å². The van der Waals surface area contributed by atoms with Crippen LogP contribution in [0.1, 0.15) is 10.4 Å². The molecule has 1 aliphatic heterocycles. The van der Waals surface area contributed by atoms with E-state index in [1.54, 1.807) is 29.2 Å². The zero-order valence-electron chi connectivity index (χ0n) is 10.7. The molecule has 0 radical (unpaired) electrons. The van der Waals surface area contributed by atoms with Gasteiger partial charge >= 0.3 is 5.97 Å². The van der Waals surface area contributed by atoms with E-state index in [-0.39, 0.29) is 18.1 Å². The Kier molecular flexibility index (Phi) is 3.12. The van der Waals surface area contributed by atoms with E-state index in [1.165, 1.54) is 0 Å². The van der Waals surface area contributed by atoms with Gasteiger partial charge in [-0.2, -0.15) is 0 Å². The smallest absolute Gasteiger partial charge is 0.336 e. The second kappa shape index (κ2) is 4.94. The topological polar surface area (TPSA) is 66.8 Å². The van der Waals surface area contributed by atoms with Crippen molar-refractivity contribution in [2.75, 3.05) is 24.7 Å². The molecule has 0 unspecified atom stereocenters. The molecule has 0 spiro atoms. The average molecular weight is 271 g/mol. The quantitative estimate of drug-likeness (QED) is 0.906. The summed E-state index contributed by atoms with van der Waals surface area (Å²) in [5, 5.41) is 10.6. The van der Waals surface area contributed by atoms with Crippen molar-refractivity contribution in [3.05, 3.63) is 42.0 Å². The summed E-state index contributed by atoms with van der Waals surface area (Å²) in [6.07, 6.45) is 0. The maximum atomic E-state index is 11.9. The van der Waals surface area contributed by atoms with Crippen molar-refractivity contribution in [3.8, 4) is 0 Å². The Hall–Kier alpha value is -2.40. The highest BCUT2D eigenvalue weighted by atomic mass is 16.5. The van der Waals surface area contributed by atoms with E-state index in [1.807, 2.05) is 12.1 Å². The van der Waals surface area contributed by atoms with Crippen LogP contribution in [0.5, 0.6) is 0 Å². The van der Waals surface area contributed by atoms with E-state index in [0.29, 0.717) is 18.5 Å². The number of anilines is 1. The van der Waals surface area contributed by atoms with Gasteiger partial charge < -0.3 is 14.7 Å². The molecule has 1 N–H and O–H groups in total. The summed E-state index contributed by atoms with van der Waals surface area (Å²) in [4.78, 5) is 24.9. The predicted molar refractivity (Wildman–Crippen MR) is 74.1 cm³/mol. The number of carboxylic acid groups (broad SMARTS) is 1. The molecule has 1 saturated heterocycles. The van der Waals surface area contributed by atoms with Gasteiger partial charge in [0.15, 0.2) is 0 Å². The summed E-state index contributed by atoms with van der Waals surface area (Å²) in [5.74, 6) is -1.08. The summed E-state index contributed by atoms with van der Waals surface area (Å²) < 4.78 is 5.12. The zero-order chi connectivity index (χ0) is 14.1. The minimum absolute atomic E-state index is 0.0645. The van der Waals surface area contributed by atoms with Crippen molar-refractivity contribution >= 4 is 28.3 Å². The summed E-state index contributed by atoms with van der Waals surface area (Å²) in [6, 6.07) is 10.5. The molecular weight excluding hydrogens is 258 g/mol. The van der Waals surface area contributed by atoms with Crippen molar-refractivity contribution in [1.82, 2.24) is 0 Å². The van der Waals surface area contributed by atoms with Gasteiger partial charge in [0.2, 0.25) is 0 Å². The Bertz CT molecular complexity index is 695. The molecule has 0 saturated carbocycles. The number of hydrogen-bond donors (Lipinski definition) is 1. The number of nitrogens with zero attached hydrogens (tertiary/aromatic N) is 1. The maximum Gasteiger partial charge on any atom is 0.336 e. The number of aromatic carboxylic acids is 1. The Morgan fingerprint density at radius 3 is 2.60 bits per heavy atom. The van der Waals surface area contributed by atoms with Crippen LogP contribution < -0.4 is 4.90 Å². The van der Waals surface area contributed by atoms with Gasteiger partial charge in [-0.25, -0.2) is 4.79 Å². The molecule has 3 rings (SSSR count). The first kappa shape index (κ1) is 12.6. The first-order valence-electron chi connectivity index (χ1n) is 6.31. The number of benzene rings is 2. The molecule has 1 amide bonds. The maximum absolute atomic E-state index is 11.9. The number of ether oxygens (including phenoxy) is 1. The van der Waals surface area contributed by atoms with Crippen molar-refractivity contribution in [2.24, 2.45) is 0 Å². The first-order chi connectivity index (χ1) is 9.68. The largest absolute Gasteiger partial charge is 0.478 e. The van der Waals surface area contributed by atoms with E-state index in [9.17, 15) is 14.7 Å². The van der Waals surface area contributed by atoms with Gasteiger partial charge in [-0.05, 0) is 17.5 Å². The highest BCUT2D eigenvalue weighted by molar-refractivity contribution is 6.11. The van der Waals surface area contributed by atoms with Gasteiger partial charge in [0.1, 0.15) is 6.61 Å². The molecule has 2 aromatic rings. The van der Waals surface area contributed by atoms with Crippen LogP contribution >= 0.6 is 0 Å². The fourth-order valence-electron chi connectivity index (χ4n) is 2.48. The minimum Gasteiger partial charge on any atom is -0.478 e. The third kappa shape index (κ3) is 2.02. The molecule has 0 atom stereocenters. The van der Waals surface area contributed by atoms with Crippen LogP contribution in [0.4, 0.5) is 5.69 Å². The number of carbonyl (C=O) groups excluding carboxylic acids is 1. The van der Waals surface area contributed by atoms with E-state index >= 15 is 0 Å². The third-order valence-electron chi connectivity index (χ3n) is 3.41. The van der Waals surface area contributed by atoms with E-state index in [2.05, 4.69) is 0 Å². The highest BCUT2D eigenvalue weighted by Crippen LogP contribution is 2.30. The lowest BCUT2D eigenvalue weighted by atomic mass is 10.0. The fourth-order valence-corrected chi connectivity index (χ4v) is 2.48. The average Bonchev–Trinajstić information content (AvgIpc) is 2.46. The Morgan fingerprint density at radius 2 is 1.90 bits per heavy atom. The fraction of sp³-hybridized carbons (Fsp3) is 0.200. The normalized spacial score (nSPS) is 15.6. The number of rotatable bonds is 2. The van der Waals surface area contributed by atoms with Crippen molar-refractivity contribution in [1.29, 1.82) is 0 Å². The molecular formula is C15H13NO4.